The summed E-state index contributed by atoms with van der Waals surface area (Å²) >= 11 is 0. The molecule has 14 heteroatoms. The van der Waals surface area contributed by atoms with Crippen LogP contribution in [0.4, 0.5) is 0 Å². The first-order valence-electron chi connectivity index (χ1n) is 10.4. The molecule has 0 saturated carbocycles. The van der Waals surface area contributed by atoms with Crippen molar-refractivity contribution >= 4 is 21.9 Å². The number of aromatic nitrogens is 5. The molecule has 2 rings (SSSR count). The number of amides is 1. The monoisotopic (exact) mass is 483 g/mol. The van der Waals surface area contributed by atoms with Crippen LogP contribution in [-0.4, -0.2) is 93.3 Å². The first-order chi connectivity index (χ1) is 15.6. The van der Waals surface area contributed by atoms with Crippen LogP contribution in [0.5, 0.6) is 0 Å². The minimum atomic E-state index is -3.28. The summed E-state index contributed by atoms with van der Waals surface area (Å²) in [6, 6.07) is -0.139. The molecule has 2 aromatic rings. The molecule has 0 atom stereocenters. The van der Waals surface area contributed by atoms with Crippen LogP contribution in [0.1, 0.15) is 37.2 Å². The molecule has 0 spiro atoms. The number of nitrogens with zero attached hydrogens (tertiary/aromatic N) is 6. The summed E-state index contributed by atoms with van der Waals surface area (Å²) in [5.74, 6) is -1.48. The summed E-state index contributed by atoms with van der Waals surface area (Å²) in [7, 11) is -3.28. The average molecular weight is 484 g/mol. The van der Waals surface area contributed by atoms with Gasteiger partial charge in [-0.15, -0.1) is 5.10 Å². The third kappa shape index (κ3) is 8.47. The zero-order valence-corrected chi connectivity index (χ0v) is 19.7. The topological polar surface area (TPSA) is 170 Å². The Morgan fingerprint density at radius 1 is 1.24 bits per heavy atom. The van der Waals surface area contributed by atoms with Gasteiger partial charge in [0.2, 0.25) is 15.9 Å². The van der Waals surface area contributed by atoms with Crippen LogP contribution in [0.15, 0.2) is 18.6 Å². The highest BCUT2D eigenvalue weighted by Crippen LogP contribution is 2.16. The van der Waals surface area contributed by atoms with Crippen LogP contribution in [-0.2, 0) is 26.1 Å². The van der Waals surface area contributed by atoms with E-state index in [9.17, 15) is 23.1 Å². The predicted octanol–water partition coefficient (Wildman–Crippen LogP) is 0.0163. The van der Waals surface area contributed by atoms with Gasteiger partial charge in [0.05, 0.1) is 12.5 Å². The molecular formula is C19H29N7O6S. The second kappa shape index (κ2) is 12.3. The number of aromatic carboxylic acids is 1. The van der Waals surface area contributed by atoms with Crippen molar-refractivity contribution in [2.75, 3.05) is 32.6 Å². The van der Waals surface area contributed by atoms with E-state index in [1.54, 1.807) is 20.0 Å². The maximum absolute atomic E-state index is 11.8. The fraction of sp³-hybridized carbons (Fsp3) is 0.579. The lowest BCUT2D eigenvalue weighted by atomic mass is 10.2. The Bertz CT molecular complexity index is 1040. The van der Waals surface area contributed by atoms with Crippen LogP contribution in [0.25, 0.3) is 11.4 Å². The molecule has 0 aliphatic heterocycles. The largest absolute Gasteiger partial charge is 0.476 e. The molecule has 0 aromatic carbocycles. The Morgan fingerprint density at radius 2 is 1.97 bits per heavy atom. The Labute approximate surface area is 192 Å². The van der Waals surface area contributed by atoms with Crippen molar-refractivity contribution in [3.63, 3.8) is 0 Å². The van der Waals surface area contributed by atoms with E-state index in [1.165, 1.54) is 27.6 Å². The molecular weight excluding hydrogens is 454 g/mol. The van der Waals surface area contributed by atoms with E-state index in [1.807, 2.05) is 0 Å². The Balaban J connectivity index is 1.65. The number of sulfonamides is 1. The van der Waals surface area contributed by atoms with Gasteiger partial charge in [-0.05, 0) is 26.7 Å². The molecule has 2 aromatic heterocycles. The maximum Gasteiger partial charge on any atom is 0.356 e. The Kier molecular flexibility index (Phi) is 9.81. The van der Waals surface area contributed by atoms with Gasteiger partial charge in [0.15, 0.2) is 5.69 Å². The van der Waals surface area contributed by atoms with Crippen molar-refractivity contribution in [3.8, 4) is 11.4 Å². The SMILES string of the molecule is CC(C)N(CCCNC(=O)COCCCn1cc(-c2nccnc2C(=O)O)nn1)S(C)(=O)=O. The van der Waals surface area contributed by atoms with Crippen molar-refractivity contribution in [2.45, 2.75) is 39.3 Å². The molecule has 1 amide bonds. The molecule has 182 valence electrons. The highest BCUT2D eigenvalue weighted by Gasteiger charge is 2.19. The number of nitrogens with one attached hydrogen (secondary N) is 1. The number of rotatable bonds is 14. The number of aryl methyl sites for hydroxylation is 1. The summed E-state index contributed by atoms with van der Waals surface area (Å²) in [6.07, 6.45) is 6.47. The first kappa shape index (κ1) is 26.3. The lowest BCUT2D eigenvalue weighted by Gasteiger charge is -2.23. The van der Waals surface area contributed by atoms with Crippen molar-refractivity contribution in [1.82, 2.24) is 34.6 Å². The normalized spacial score (nSPS) is 11.8. The van der Waals surface area contributed by atoms with E-state index >= 15 is 0 Å². The van der Waals surface area contributed by atoms with E-state index < -0.39 is 16.0 Å². The fourth-order valence-electron chi connectivity index (χ4n) is 3.01. The van der Waals surface area contributed by atoms with Crippen LogP contribution < -0.4 is 5.32 Å². The molecule has 33 heavy (non-hydrogen) atoms. The molecule has 2 heterocycles. The van der Waals surface area contributed by atoms with Gasteiger partial charge in [0, 0.05) is 44.7 Å². The van der Waals surface area contributed by atoms with Crippen LogP contribution in [0.2, 0.25) is 0 Å². The molecule has 0 radical (unpaired) electrons. The zero-order chi connectivity index (χ0) is 24.4. The molecule has 0 fully saturated rings. The summed E-state index contributed by atoms with van der Waals surface area (Å²) in [5.41, 5.74) is 0.233. The first-order valence-corrected chi connectivity index (χ1v) is 12.2. The third-order valence-electron chi connectivity index (χ3n) is 4.47. The number of carbonyl (C=O) groups excluding carboxylic acids is 1. The number of carbonyl (C=O) groups is 2. The third-order valence-corrected chi connectivity index (χ3v) is 5.93. The Morgan fingerprint density at radius 3 is 2.64 bits per heavy atom. The average Bonchev–Trinajstić information content (AvgIpc) is 3.20. The maximum atomic E-state index is 11.8. The molecule has 0 aliphatic rings. The summed E-state index contributed by atoms with van der Waals surface area (Å²) in [4.78, 5) is 30.9. The van der Waals surface area contributed by atoms with Gasteiger partial charge < -0.3 is 15.2 Å². The summed E-state index contributed by atoms with van der Waals surface area (Å²) in [5, 5.41) is 19.8. The smallest absolute Gasteiger partial charge is 0.356 e. The molecule has 0 bridgehead atoms. The Hall–Kier alpha value is -2.97. The second-order valence-corrected chi connectivity index (χ2v) is 9.44. The molecule has 13 nitrogen and oxygen atoms in total. The van der Waals surface area contributed by atoms with E-state index in [2.05, 4.69) is 25.6 Å². The van der Waals surface area contributed by atoms with E-state index in [4.69, 9.17) is 4.74 Å². The molecule has 2 N–H and O–H groups in total. The number of hydrogen-bond donors (Lipinski definition) is 2. The van der Waals surface area contributed by atoms with Gasteiger partial charge >= 0.3 is 5.97 Å². The van der Waals surface area contributed by atoms with Crippen molar-refractivity contribution < 1.29 is 27.9 Å². The standard InChI is InChI=1S/C19H29N7O6S/c1-14(2)26(33(3,30)31)10-4-6-20-16(27)13-32-11-5-9-25-12-15(23-24-25)17-18(19(28)29)22-8-7-21-17/h7-8,12,14H,4-6,9-11,13H2,1-3H3,(H,20,27)(H,28,29). The number of hydrogen-bond acceptors (Lipinski definition) is 9. The van der Waals surface area contributed by atoms with E-state index in [0.29, 0.717) is 44.8 Å². The predicted molar refractivity (Wildman–Crippen MR) is 118 cm³/mol. The van der Waals surface area contributed by atoms with Gasteiger partial charge in [-0.25, -0.2) is 18.2 Å². The second-order valence-electron chi connectivity index (χ2n) is 7.50. The zero-order valence-electron chi connectivity index (χ0n) is 18.8. The van der Waals surface area contributed by atoms with Crippen molar-refractivity contribution in [2.24, 2.45) is 0 Å². The number of carboxylic acid groups (broad SMARTS) is 1. The van der Waals surface area contributed by atoms with E-state index in [-0.39, 0.29) is 29.9 Å². The van der Waals surface area contributed by atoms with Gasteiger partial charge in [-0.3, -0.25) is 14.5 Å². The highest BCUT2D eigenvalue weighted by atomic mass is 32.2. The summed E-state index contributed by atoms with van der Waals surface area (Å²) < 4.78 is 31.7. The lowest BCUT2D eigenvalue weighted by Crippen LogP contribution is -2.38. The van der Waals surface area contributed by atoms with Gasteiger partial charge in [0.1, 0.15) is 18.0 Å². The molecule has 0 saturated heterocycles. The van der Waals surface area contributed by atoms with Gasteiger partial charge in [-0.2, -0.15) is 4.31 Å². The molecule has 0 aliphatic carbocycles. The van der Waals surface area contributed by atoms with Crippen molar-refractivity contribution in [3.05, 3.63) is 24.3 Å². The van der Waals surface area contributed by atoms with E-state index in [0.717, 1.165) is 0 Å². The van der Waals surface area contributed by atoms with Crippen LogP contribution in [0.3, 0.4) is 0 Å². The minimum absolute atomic E-state index is 0.107. The number of ether oxygens (including phenoxy) is 1. The summed E-state index contributed by atoms with van der Waals surface area (Å²) in [6.45, 7) is 4.94. The van der Waals surface area contributed by atoms with Gasteiger partial charge in [-0.1, -0.05) is 5.21 Å². The minimum Gasteiger partial charge on any atom is -0.476 e. The number of carboxylic acids is 1. The quantitative estimate of drug-likeness (QED) is 0.349. The fourth-order valence-corrected chi connectivity index (χ4v) is 4.24. The van der Waals surface area contributed by atoms with Crippen molar-refractivity contribution in [1.29, 1.82) is 0 Å². The molecule has 0 unspecified atom stereocenters. The van der Waals surface area contributed by atoms with Gasteiger partial charge in [0.25, 0.3) is 0 Å². The highest BCUT2D eigenvalue weighted by molar-refractivity contribution is 7.88. The van der Waals surface area contributed by atoms with Crippen LogP contribution in [0, 0.1) is 0 Å². The lowest BCUT2D eigenvalue weighted by molar-refractivity contribution is -0.125. The van der Waals surface area contributed by atoms with Crippen LogP contribution >= 0.6 is 0 Å².